The van der Waals surface area contributed by atoms with Gasteiger partial charge in [0.1, 0.15) is 16.5 Å². The molecular formula is C19H19N5O2S2. The van der Waals surface area contributed by atoms with Gasteiger partial charge < -0.3 is 15.0 Å². The van der Waals surface area contributed by atoms with E-state index in [-0.39, 0.29) is 5.91 Å². The molecule has 3 heterocycles. The molecule has 0 bridgehead atoms. The maximum atomic E-state index is 11.9. The van der Waals surface area contributed by atoms with Gasteiger partial charge in [0.25, 0.3) is 0 Å². The summed E-state index contributed by atoms with van der Waals surface area (Å²) in [5.41, 5.74) is 6.46. The van der Waals surface area contributed by atoms with E-state index in [0.717, 1.165) is 37.9 Å². The zero-order valence-corrected chi connectivity index (χ0v) is 17.1. The third-order valence-corrected chi connectivity index (χ3v) is 5.95. The SMILES string of the molecule is COCCC(=O)NCc1nc(-c2ccc3ncsc3c2)c(-c2nc(C)cs2)[nH]1. The van der Waals surface area contributed by atoms with Gasteiger partial charge in [-0.25, -0.2) is 15.0 Å². The highest BCUT2D eigenvalue weighted by Crippen LogP contribution is 2.34. The molecule has 2 N–H and O–H groups in total. The van der Waals surface area contributed by atoms with E-state index in [1.54, 1.807) is 29.8 Å². The molecule has 0 unspecified atom stereocenters. The fraction of sp³-hybridized carbons (Fsp3) is 0.263. The first-order chi connectivity index (χ1) is 13.6. The molecule has 0 fully saturated rings. The number of rotatable bonds is 7. The fourth-order valence-corrected chi connectivity index (χ4v) is 4.32. The minimum Gasteiger partial charge on any atom is -0.384 e. The highest BCUT2D eigenvalue weighted by atomic mass is 32.1. The number of fused-ring (bicyclic) bond motifs is 1. The van der Waals surface area contributed by atoms with E-state index in [2.05, 4.69) is 26.3 Å². The van der Waals surface area contributed by atoms with Crippen LogP contribution in [-0.4, -0.2) is 39.6 Å². The van der Waals surface area contributed by atoms with Crippen molar-refractivity contribution in [3.8, 4) is 22.0 Å². The van der Waals surface area contributed by atoms with Crippen molar-refractivity contribution >= 4 is 38.8 Å². The molecule has 0 saturated heterocycles. The number of hydrogen-bond acceptors (Lipinski definition) is 7. The lowest BCUT2D eigenvalue weighted by Gasteiger charge is -2.02. The van der Waals surface area contributed by atoms with Crippen LogP contribution in [0, 0.1) is 6.92 Å². The molecule has 0 spiro atoms. The Morgan fingerprint density at radius 1 is 1.29 bits per heavy atom. The molecule has 3 aromatic heterocycles. The number of methoxy groups -OCH3 is 1. The number of benzene rings is 1. The van der Waals surface area contributed by atoms with Gasteiger partial charge in [-0.1, -0.05) is 6.07 Å². The van der Waals surface area contributed by atoms with Crippen LogP contribution < -0.4 is 5.32 Å². The van der Waals surface area contributed by atoms with Crippen LogP contribution in [0.3, 0.4) is 0 Å². The Balaban J connectivity index is 1.67. The van der Waals surface area contributed by atoms with E-state index in [1.165, 1.54) is 0 Å². The minimum absolute atomic E-state index is 0.0717. The van der Waals surface area contributed by atoms with Crippen molar-refractivity contribution in [1.82, 2.24) is 25.3 Å². The minimum atomic E-state index is -0.0717. The van der Waals surface area contributed by atoms with Gasteiger partial charge in [0.2, 0.25) is 5.91 Å². The molecule has 4 rings (SSSR count). The first kappa shape index (κ1) is 18.7. The van der Waals surface area contributed by atoms with Gasteiger partial charge in [0.05, 0.1) is 34.6 Å². The van der Waals surface area contributed by atoms with E-state index in [0.29, 0.717) is 25.4 Å². The molecule has 0 aliphatic heterocycles. The van der Waals surface area contributed by atoms with E-state index in [9.17, 15) is 4.79 Å². The Kier molecular flexibility index (Phi) is 5.47. The van der Waals surface area contributed by atoms with Gasteiger partial charge in [-0.15, -0.1) is 22.7 Å². The summed E-state index contributed by atoms with van der Waals surface area (Å²) in [5.74, 6) is 0.616. The summed E-state index contributed by atoms with van der Waals surface area (Å²) in [6.07, 6.45) is 0.324. The molecular weight excluding hydrogens is 394 g/mol. The second-order valence-electron chi connectivity index (χ2n) is 6.26. The summed E-state index contributed by atoms with van der Waals surface area (Å²) in [6.45, 7) is 2.69. The normalized spacial score (nSPS) is 11.2. The predicted octanol–water partition coefficient (Wildman–Crippen LogP) is 3.77. The van der Waals surface area contributed by atoms with Gasteiger partial charge in [0.15, 0.2) is 0 Å². The van der Waals surface area contributed by atoms with Crippen LogP contribution in [0.5, 0.6) is 0 Å². The van der Waals surface area contributed by atoms with E-state index < -0.39 is 0 Å². The first-order valence-electron chi connectivity index (χ1n) is 8.74. The summed E-state index contributed by atoms with van der Waals surface area (Å²) in [7, 11) is 1.58. The third-order valence-electron chi connectivity index (χ3n) is 4.18. The van der Waals surface area contributed by atoms with Crippen molar-refractivity contribution in [3.63, 3.8) is 0 Å². The van der Waals surface area contributed by atoms with E-state index in [4.69, 9.17) is 9.72 Å². The zero-order chi connectivity index (χ0) is 19.5. The number of nitrogens with one attached hydrogen (secondary N) is 2. The number of carbonyl (C=O) groups excluding carboxylic acids is 1. The Morgan fingerprint density at radius 2 is 2.18 bits per heavy atom. The Morgan fingerprint density at radius 3 is 2.96 bits per heavy atom. The number of imidazole rings is 1. The molecule has 1 amide bonds. The fourth-order valence-electron chi connectivity index (χ4n) is 2.81. The third kappa shape index (κ3) is 3.96. The summed E-state index contributed by atoms with van der Waals surface area (Å²) < 4.78 is 6.05. The van der Waals surface area contributed by atoms with Crippen LogP contribution >= 0.6 is 22.7 Å². The summed E-state index contributed by atoms with van der Waals surface area (Å²) >= 11 is 3.17. The molecule has 0 saturated carbocycles. The number of hydrogen-bond donors (Lipinski definition) is 2. The number of aromatic amines is 1. The number of amides is 1. The summed E-state index contributed by atoms with van der Waals surface area (Å²) in [4.78, 5) is 28.9. The van der Waals surface area contributed by atoms with Crippen molar-refractivity contribution in [3.05, 3.63) is 40.6 Å². The standard InChI is InChI=1S/C19H19N5O2S2/c1-11-9-27-19(22-11)18-17(12-3-4-13-14(7-12)28-10-21-13)23-15(24-18)8-20-16(25)5-6-26-2/h3-4,7,9-10H,5-6,8H2,1-2H3,(H,20,25)(H,23,24). The maximum absolute atomic E-state index is 11.9. The lowest BCUT2D eigenvalue weighted by molar-refractivity contribution is -0.122. The van der Waals surface area contributed by atoms with Crippen molar-refractivity contribution in [2.45, 2.75) is 19.9 Å². The average molecular weight is 414 g/mol. The molecule has 7 nitrogen and oxygen atoms in total. The molecule has 1 aromatic carbocycles. The second kappa shape index (κ2) is 8.17. The van der Waals surface area contributed by atoms with Gasteiger partial charge in [-0.2, -0.15) is 0 Å². The molecule has 28 heavy (non-hydrogen) atoms. The average Bonchev–Trinajstić information content (AvgIpc) is 3.42. The molecule has 4 aromatic rings. The van der Waals surface area contributed by atoms with Crippen molar-refractivity contribution in [2.75, 3.05) is 13.7 Å². The molecule has 0 atom stereocenters. The summed E-state index contributed by atoms with van der Waals surface area (Å²) in [5, 5.41) is 5.76. The molecule has 0 aliphatic rings. The van der Waals surface area contributed by atoms with Crippen LogP contribution in [0.25, 0.3) is 32.2 Å². The van der Waals surface area contributed by atoms with Crippen LogP contribution in [0.15, 0.2) is 29.1 Å². The Bertz CT molecular complexity index is 1110. The highest BCUT2D eigenvalue weighted by molar-refractivity contribution is 7.16. The monoisotopic (exact) mass is 413 g/mol. The number of carbonyl (C=O) groups is 1. The quantitative estimate of drug-likeness (QED) is 0.481. The van der Waals surface area contributed by atoms with Gasteiger partial charge >= 0.3 is 0 Å². The number of H-pyrrole nitrogens is 1. The van der Waals surface area contributed by atoms with Crippen LogP contribution in [0.4, 0.5) is 0 Å². The second-order valence-corrected chi connectivity index (χ2v) is 8.00. The maximum Gasteiger partial charge on any atom is 0.222 e. The van der Waals surface area contributed by atoms with Crippen LogP contribution in [0.1, 0.15) is 17.9 Å². The highest BCUT2D eigenvalue weighted by Gasteiger charge is 2.17. The Hall–Kier alpha value is -2.62. The lowest BCUT2D eigenvalue weighted by atomic mass is 10.1. The smallest absolute Gasteiger partial charge is 0.222 e. The number of aromatic nitrogens is 4. The largest absolute Gasteiger partial charge is 0.384 e. The van der Waals surface area contributed by atoms with Crippen LogP contribution in [0.2, 0.25) is 0 Å². The molecule has 0 radical (unpaired) electrons. The number of thiazole rings is 2. The number of ether oxygens (including phenoxy) is 1. The topological polar surface area (TPSA) is 92.8 Å². The van der Waals surface area contributed by atoms with Crippen LogP contribution in [-0.2, 0) is 16.1 Å². The summed E-state index contributed by atoms with van der Waals surface area (Å²) in [6, 6.07) is 6.11. The molecule has 0 aliphatic carbocycles. The number of aryl methyl sites for hydroxylation is 1. The zero-order valence-electron chi connectivity index (χ0n) is 15.5. The first-order valence-corrected chi connectivity index (χ1v) is 10.5. The lowest BCUT2D eigenvalue weighted by Crippen LogP contribution is -2.24. The van der Waals surface area contributed by atoms with Gasteiger partial charge in [0, 0.05) is 30.2 Å². The van der Waals surface area contributed by atoms with Crippen molar-refractivity contribution in [2.24, 2.45) is 0 Å². The number of nitrogens with zero attached hydrogens (tertiary/aromatic N) is 3. The molecule has 144 valence electrons. The van der Waals surface area contributed by atoms with Crippen molar-refractivity contribution in [1.29, 1.82) is 0 Å². The van der Waals surface area contributed by atoms with Crippen molar-refractivity contribution < 1.29 is 9.53 Å². The Labute approximate surface area is 169 Å². The van der Waals surface area contributed by atoms with E-state index in [1.807, 2.05) is 29.9 Å². The van der Waals surface area contributed by atoms with E-state index >= 15 is 0 Å². The molecule has 9 heteroatoms. The van der Waals surface area contributed by atoms with Gasteiger partial charge in [-0.3, -0.25) is 4.79 Å². The predicted molar refractivity (Wildman–Crippen MR) is 111 cm³/mol. The van der Waals surface area contributed by atoms with Gasteiger partial charge in [-0.05, 0) is 19.1 Å².